The van der Waals surface area contributed by atoms with E-state index in [0.717, 1.165) is 12.1 Å². The first-order chi connectivity index (χ1) is 9.97. The Morgan fingerprint density at radius 1 is 1.38 bits per heavy atom. The topological polar surface area (TPSA) is 41.1 Å². The average Bonchev–Trinajstić information content (AvgIpc) is 2.45. The molecule has 21 heavy (non-hydrogen) atoms. The lowest BCUT2D eigenvalue weighted by atomic mass is 9.90. The van der Waals surface area contributed by atoms with Crippen molar-refractivity contribution in [1.29, 1.82) is 0 Å². The Labute approximate surface area is 126 Å². The van der Waals surface area contributed by atoms with Crippen molar-refractivity contribution < 1.29 is 9.18 Å². The average molecular weight is 292 g/mol. The molecule has 3 nitrogen and oxygen atoms in total. The van der Waals surface area contributed by atoms with E-state index in [1.807, 2.05) is 0 Å². The number of benzene rings is 1. The van der Waals surface area contributed by atoms with E-state index in [1.54, 1.807) is 26.0 Å². The Morgan fingerprint density at radius 3 is 2.67 bits per heavy atom. The molecule has 0 spiro atoms. The maximum atomic E-state index is 13.6. The molecule has 0 saturated carbocycles. The van der Waals surface area contributed by atoms with Gasteiger partial charge in [-0.3, -0.25) is 4.79 Å². The predicted octanol–water partition coefficient (Wildman–Crippen LogP) is 2.84. The largest absolute Gasteiger partial charge is 0.352 e. The second-order valence-electron chi connectivity index (χ2n) is 6.20. The molecule has 1 heterocycles. The predicted molar refractivity (Wildman–Crippen MR) is 82.5 cm³/mol. The summed E-state index contributed by atoms with van der Waals surface area (Å²) in [7, 11) is 0. The standard InChI is InChI=1S/C17H25FN2O/c1-11-5-4-6-19-15(11)9-16(21)20-10-14-7-12(2)17(18)13(3)8-14/h7-8,11,15,19H,4-6,9-10H2,1-3H3,(H,20,21). The SMILES string of the molecule is Cc1cc(CNC(=O)CC2NCCCC2C)cc(C)c1F. The van der Waals surface area contributed by atoms with Gasteiger partial charge in [-0.2, -0.15) is 0 Å². The zero-order valence-corrected chi connectivity index (χ0v) is 13.1. The summed E-state index contributed by atoms with van der Waals surface area (Å²) < 4.78 is 13.6. The van der Waals surface area contributed by atoms with Crippen molar-refractivity contribution in [2.45, 2.75) is 52.6 Å². The highest BCUT2D eigenvalue weighted by Crippen LogP contribution is 2.18. The fourth-order valence-electron chi connectivity index (χ4n) is 3.00. The molecule has 1 aromatic rings. The number of nitrogens with one attached hydrogen (secondary N) is 2. The monoisotopic (exact) mass is 292 g/mol. The molecule has 1 aromatic carbocycles. The van der Waals surface area contributed by atoms with Crippen molar-refractivity contribution in [3.05, 3.63) is 34.6 Å². The lowest BCUT2D eigenvalue weighted by Gasteiger charge is -2.29. The van der Waals surface area contributed by atoms with Crippen LogP contribution in [0.25, 0.3) is 0 Å². The highest BCUT2D eigenvalue weighted by atomic mass is 19.1. The normalized spacial score (nSPS) is 22.1. The molecule has 1 fully saturated rings. The van der Waals surface area contributed by atoms with Crippen LogP contribution in [0, 0.1) is 25.6 Å². The molecule has 1 saturated heterocycles. The molecule has 0 radical (unpaired) electrons. The van der Waals surface area contributed by atoms with Crippen molar-refractivity contribution >= 4 is 5.91 Å². The Morgan fingerprint density at radius 2 is 2.05 bits per heavy atom. The van der Waals surface area contributed by atoms with Gasteiger partial charge in [-0.05, 0) is 55.8 Å². The summed E-state index contributed by atoms with van der Waals surface area (Å²) in [5.41, 5.74) is 2.20. The van der Waals surface area contributed by atoms with Crippen LogP contribution in [0.5, 0.6) is 0 Å². The van der Waals surface area contributed by atoms with E-state index in [4.69, 9.17) is 0 Å². The van der Waals surface area contributed by atoms with Crippen LogP contribution in [0.4, 0.5) is 4.39 Å². The molecule has 1 aliphatic rings. The van der Waals surface area contributed by atoms with Gasteiger partial charge in [0, 0.05) is 19.0 Å². The number of aryl methyl sites for hydroxylation is 2. The summed E-state index contributed by atoms with van der Waals surface area (Å²) >= 11 is 0. The van der Waals surface area contributed by atoms with E-state index >= 15 is 0 Å². The molecule has 2 rings (SSSR count). The number of piperidine rings is 1. The molecule has 1 aliphatic heterocycles. The molecule has 0 aliphatic carbocycles. The molecule has 2 atom stereocenters. The summed E-state index contributed by atoms with van der Waals surface area (Å²) in [4.78, 5) is 12.0. The molecular weight excluding hydrogens is 267 g/mol. The van der Waals surface area contributed by atoms with Gasteiger partial charge in [0.2, 0.25) is 5.91 Å². The van der Waals surface area contributed by atoms with Crippen LogP contribution in [-0.4, -0.2) is 18.5 Å². The number of amides is 1. The number of rotatable bonds is 4. The first-order valence-electron chi connectivity index (χ1n) is 7.73. The first-order valence-corrected chi connectivity index (χ1v) is 7.73. The molecular formula is C17H25FN2O. The van der Waals surface area contributed by atoms with E-state index in [2.05, 4.69) is 17.6 Å². The molecule has 2 N–H and O–H groups in total. The Hall–Kier alpha value is -1.42. The van der Waals surface area contributed by atoms with E-state index in [0.29, 0.717) is 30.0 Å². The highest BCUT2D eigenvalue weighted by Gasteiger charge is 2.22. The Kier molecular flexibility index (Phi) is 5.34. The summed E-state index contributed by atoms with van der Waals surface area (Å²) in [6.07, 6.45) is 2.88. The minimum Gasteiger partial charge on any atom is -0.352 e. The fraction of sp³-hybridized carbons (Fsp3) is 0.588. The minimum atomic E-state index is -0.162. The molecule has 0 aromatic heterocycles. The summed E-state index contributed by atoms with van der Waals surface area (Å²) in [6, 6.07) is 3.87. The smallest absolute Gasteiger partial charge is 0.221 e. The molecule has 0 bridgehead atoms. The van der Waals surface area contributed by atoms with Crippen molar-refractivity contribution in [3.8, 4) is 0 Å². The number of hydrogen-bond donors (Lipinski definition) is 2. The van der Waals surface area contributed by atoms with Crippen LogP contribution in [0.1, 0.15) is 42.9 Å². The summed E-state index contributed by atoms with van der Waals surface area (Å²) in [5, 5.41) is 6.35. The van der Waals surface area contributed by atoms with Gasteiger partial charge < -0.3 is 10.6 Å². The molecule has 116 valence electrons. The van der Waals surface area contributed by atoms with Crippen LogP contribution in [-0.2, 0) is 11.3 Å². The van der Waals surface area contributed by atoms with Crippen molar-refractivity contribution in [3.63, 3.8) is 0 Å². The highest BCUT2D eigenvalue weighted by molar-refractivity contribution is 5.76. The maximum Gasteiger partial charge on any atom is 0.221 e. The minimum absolute atomic E-state index is 0.0564. The molecule has 1 amide bonds. The van der Waals surface area contributed by atoms with Gasteiger partial charge in [0.05, 0.1) is 0 Å². The second kappa shape index (κ2) is 7.03. The van der Waals surface area contributed by atoms with Crippen molar-refractivity contribution in [2.24, 2.45) is 5.92 Å². The third-order valence-corrected chi connectivity index (χ3v) is 4.32. The zero-order chi connectivity index (χ0) is 15.4. The van der Waals surface area contributed by atoms with Gasteiger partial charge in [0.1, 0.15) is 5.82 Å². The van der Waals surface area contributed by atoms with Crippen LogP contribution in [0.3, 0.4) is 0 Å². The number of hydrogen-bond acceptors (Lipinski definition) is 2. The van der Waals surface area contributed by atoms with Crippen LogP contribution < -0.4 is 10.6 Å². The van der Waals surface area contributed by atoms with E-state index in [-0.39, 0.29) is 17.8 Å². The zero-order valence-electron chi connectivity index (χ0n) is 13.1. The molecule has 4 heteroatoms. The van der Waals surface area contributed by atoms with Gasteiger partial charge in [-0.1, -0.05) is 19.1 Å². The third-order valence-electron chi connectivity index (χ3n) is 4.32. The maximum absolute atomic E-state index is 13.6. The van der Waals surface area contributed by atoms with E-state index < -0.39 is 0 Å². The molecule has 2 unspecified atom stereocenters. The lowest BCUT2D eigenvalue weighted by Crippen LogP contribution is -2.43. The van der Waals surface area contributed by atoms with Crippen molar-refractivity contribution in [1.82, 2.24) is 10.6 Å². The van der Waals surface area contributed by atoms with E-state index in [1.165, 1.54) is 12.8 Å². The van der Waals surface area contributed by atoms with Gasteiger partial charge >= 0.3 is 0 Å². The third kappa shape index (κ3) is 4.27. The van der Waals surface area contributed by atoms with Crippen LogP contribution >= 0.6 is 0 Å². The van der Waals surface area contributed by atoms with Gasteiger partial charge in [-0.15, -0.1) is 0 Å². The fourth-order valence-corrected chi connectivity index (χ4v) is 3.00. The van der Waals surface area contributed by atoms with Crippen LogP contribution in [0.2, 0.25) is 0 Å². The number of carbonyl (C=O) groups excluding carboxylic acids is 1. The van der Waals surface area contributed by atoms with Crippen molar-refractivity contribution in [2.75, 3.05) is 6.54 Å². The summed E-state index contributed by atoms with van der Waals surface area (Å²) in [5.74, 6) is 0.436. The number of halogens is 1. The Balaban J connectivity index is 1.86. The van der Waals surface area contributed by atoms with Gasteiger partial charge in [-0.25, -0.2) is 4.39 Å². The van der Waals surface area contributed by atoms with E-state index in [9.17, 15) is 9.18 Å². The van der Waals surface area contributed by atoms with Gasteiger partial charge in [0.25, 0.3) is 0 Å². The lowest BCUT2D eigenvalue weighted by molar-refractivity contribution is -0.122. The summed E-state index contributed by atoms with van der Waals surface area (Å²) in [6.45, 7) is 7.15. The quantitative estimate of drug-likeness (QED) is 0.896. The Bertz CT molecular complexity index is 493. The first kappa shape index (κ1) is 16.0. The second-order valence-corrected chi connectivity index (χ2v) is 6.20. The number of carbonyl (C=O) groups is 1. The van der Waals surface area contributed by atoms with Gasteiger partial charge in [0.15, 0.2) is 0 Å². The van der Waals surface area contributed by atoms with Crippen LogP contribution in [0.15, 0.2) is 12.1 Å².